The van der Waals surface area contributed by atoms with Crippen molar-refractivity contribution in [2.75, 3.05) is 0 Å². The molecular formula is C8H7N3O3. The van der Waals surface area contributed by atoms with Crippen molar-refractivity contribution in [2.45, 2.75) is 13.0 Å². The maximum Gasteiger partial charge on any atom is 0.292 e. The van der Waals surface area contributed by atoms with E-state index in [1.807, 2.05) is 0 Å². The summed E-state index contributed by atoms with van der Waals surface area (Å²) in [6, 6.07) is 2.13. The van der Waals surface area contributed by atoms with E-state index in [4.69, 9.17) is 0 Å². The first-order valence-electron chi connectivity index (χ1n) is 3.83. The molecule has 0 saturated heterocycles. The molecule has 6 heteroatoms. The van der Waals surface area contributed by atoms with Crippen LogP contribution in [0.4, 0.5) is 5.69 Å². The minimum Gasteiger partial charge on any atom is -0.258 e. The van der Waals surface area contributed by atoms with Gasteiger partial charge in [-0.3, -0.25) is 15.1 Å². The van der Waals surface area contributed by atoms with Gasteiger partial charge < -0.3 is 0 Å². The number of isocyanates is 1. The Morgan fingerprint density at radius 3 is 3.00 bits per heavy atom. The first-order valence-corrected chi connectivity index (χ1v) is 3.83. The number of aliphatic imine (C=N–C) groups is 1. The van der Waals surface area contributed by atoms with Gasteiger partial charge in [-0.15, -0.1) is 0 Å². The van der Waals surface area contributed by atoms with E-state index in [1.54, 1.807) is 6.92 Å². The SMILES string of the molecule is CC(N=C=O)c1ncccc1[N+](=O)[O-]. The van der Waals surface area contributed by atoms with E-state index in [9.17, 15) is 14.9 Å². The molecule has 0 aromatic carbocycles. The molecule has 1 aromatic heterocycles. The molecule has 0 aliphatic heterocycles. The zero-order chi connectivity index (χ0) is 10.6. The van der Waals surface area contributed by atoms with E-state index >= 15 is 0 Å². The molecule has 0 fully saturated rings. The number of hydrogen-bond acceptors (Lipinski definition) is 5. The fraction of sp³-hybridized carbons (Fsp3) is 0.250. The average molecular weight is 193 g/mol. The molecule has 14 heavy (non-hydrogen) atoms. The van der Waals surface area contributed by atoms with E-state index in [0.29, 0.717) is 0 Å². The summed E-state index contributed by atoms with van der Waals surface area (Å²) < 4.78 is 0. The van der Waals surface area contributed by atoms with Gasteiger partial charge in [0.05, 0.1) is 4.92 Å². The number of nitro groups is 1. The highest BCUT2D eigenvalue weighted by molar-refractivity contribution is 5.40. The summed E-state index contributed by atoms with van der Waals surface area (Å²) in [5.41, 5.74) is 0.0276. The van der Waals surface area contributed by atoms with E-state index in [2.05, 4.69) is 9.98 Å². The molecule has 1 unspecified atom stereocenters. The van der Waals surface area contributed by atoms with E-state index in [-0.39, 0.29) is 11.4 Å². The Labute approximate surface area is 79.5 Å². The van der Waals surface area contributed by atoms with E-state index < -0.39 is 11.0 Å². The standard InChI is InChI=1S/C8H7N3O3/c1-6(10-5-12)8-7(11(13)14)3-2-4-9-8/h2-4,6H,1H3. The lowest BCUT2D eigenvalue weighted by molar-refractivity contribution is -0.386. The molecular weight excluding hydrogens is 186 g/mol. The molecule has 0 saturated carbocycles. The maximum atomic E-state index is 10.6. The van der Waals surface area contributed by atoms with Crippen LogP contribution in [0.15, 0.2) is 23.3 Å². The van der Waals surface area contributed by atoms with E-state index in [0.717, 1.165) is 0 Å². The topological polar surface area (TPSA) is 85.5 Å². The van der Waals surface area contributed by atoms with Crippen molar-refractivity contribution in [1.29, 1.82) is 0 Å². The summed E-state index contributed by atoms with van der Waals surface area (Å²) in [7, 11) is 0. The van der Waals surface area contributed by atoms with Crippen LogP contribution in [0, 0.1) is 10.1 Å². The van der Waals surface area contributed by atoms with Gasteiger partial charge in [-0.1, -0.05) is 0 Å². The second-order valence-electron chi connectivity index (χ2n) is 2.56. The molecule has 0 bridgehead atoms. The quantitative estimate of drug-likeness (QED) is 0.314. The fourth-order valence-electron chi connectivity index (χ4n) is 1.03. The van der Waals surface area contributed by atoms with Crippen molar-refractivity contribution in [3.05, 3.63) is 34.1 Å². The highest BCUT2D eigenvalue weighted by Crippen LogP contribution is 2.23. The van der Waals surface area contributed by atoms with Gasteiger partial charge in [-0.05, 0) is 13.0 Å². The second-order valence-corrected chi connectivity index (χ2v) is 2.56. The Kier molecular flexibility index (Phi) is 3.04. The van der Waals surface area contributed by atoms with Gasteiger partial charge in [0.2, 0.25) is 6.08 Å². The zero-order valence-electron chi connectivity index (χ0n) is 7.38. The summed E-state index contributed by atoms with van der Waals surface area (Å²) in [6.07, 6.45) is 2.76. The molecule has 0 radical (unpaired) electrons. The summed E-state index contributed by atoms with van der Waals surface area (Å²) in [6.45, 7) is 1.54. The van der Waals surface area contributed by atoms with Gasteiger partial charge in [0, 0.05) is 12.3 Å². The first kappa shape index (κ1) is 10.0. The van der Waals surface area contributed by atoms with Gasteiger partial charge in [0.1, 0.15) is 11.7 Å². The van der Waals surface area contributed by atoms with Crippen LogP contribution in [0.25, 0.3) is 0 Å². The Hall–Kier alpha value is -2.07. The fourth-order valence-corrected chi connectivity index (χ4v) is 1.03. The second kappa shape index (κ2) is 4.25. The van der Waals surface area contributed by atoms with Crippen LogP contribution >= 0.6 is 0 Å². The molecule has 6 nitrogen and oxygen atoms in total. The maximum absolute atomic E-state index is 10.6. The normalized spacial score (nSPS) is 11.5. The zero-order valence-corrected chi connectivity index (χ0v) is 7.38. The molecule has 0 N–H and O–H groups in total. The molecule has 1 aromatic rings. The predicted octanol–water partition coefficient (Wildman–Crippen LogP) is 1.39. The molecule has 0 aliphatic rings. The molecule has 0 spiro atoms. The number of aromatic nitrogens is 1. The molecule has 72 valence electrons. The van der Waals surface area contributed by atoms with Gasteiger partial charge >= 0.3 is 0 Å². The third-order valence-electron chi connectivity index (χ3n) is 1.65. The van der Waals surface area contributed by atoms with Crippen LogP contribution in [0.2, 0.25) is 0 Å². The number of carbonyl (C=O) groups excluding carboxylic acids is 1. The number of hydrogen-bond donors (Lipinski definition) is 0. The summed E-state index contributed by atoms with van der Waals surface area (Å²) in [5, 5.41) is 10.6. The third kappa shape index (κ3) is 1.99. The predicted molar refractivity (Wildman–Crippen MR) is 47.4 cm³/mol. The highest BCUT2D eigenvalue weighted by atomic mass is 16.6. The summed E-state index contributed by atoms with van der Waals surface area (Å²) >= 11 is 0. The van der Waals surface area contributed by atoms with Crippen LogP contribution < -0.4 is 0 Å². The van der Waals surface area contributed by atoms with Gasteiger partial charge in [0.25, 0.3) is 5.69 Å². The molecule has 0 amide bonds. The lowest BCUT2D eigenvalue weighted by atomic mass is 10.2. The van der Waals surface area contributed by atoms with Crippen molar-refractivity contribution in [1.82, 2.24) is 4.98 Å². The van der Waals surface area contributed by atoms with Gasteiger partial charge in [-0.25, -0.2) is 4.79 Å². The van der Waals surface area contributed by atoms with Gasteiger partial charge in [-0.2, -0.15) is 4.99 Å². The molecule has 1 rings (SSSR count). The molecule has 0 aliphatic carbocycles. The number of nitrogens with zero attached hydrogens (tertiary/aromatic N) is 3. The van der Waals surface area contributed by atoms with Crippen molar-refractivity contribution < 1.29 is 9.72 Å². The first-order chi connectivity index (χ1) is 6.66. The average Bonchev–Trinajstić information content (AvgIpc) is 2.18. The van der Waals surface area contributed by atoms with Crippen molar-refractivity contribution >= 4 is 11.8 Å². The summed E-state index contributed by atoms with van der Waals surface area (Å²) in [5.74, 6) is 0. The Balaban J connectivity index is 3.19. The van der Waals surface area contributed by atoms with Crippen LogP contribution in [0.1, 0.15) is 18.7 Å². The lowest BCUT2D eigenvalue weighted by Crippen LogP contribution is -2.00. The van der Waals surface area contributed by atoms with E-state index in [1.165, 1.54) is 24.4 Å². The molecule has 1 atom stereocenters. The van der Waals surface area contributed by atoms with Gasteiger partial charge in [0.15, 0.2) is 0 Å². The molecule has 1 heterocycles. The number of pyridine rings is 1. The van der Waals surface area contributed by atoms with Crippen molar-refractivity contribution in [3.63, 3.8) is 0 Å². The van der Waals surface area contributed by atoms with Crippen molar-refractivity contribution in [3.8, 4) is 0 Å². The van der Waals surface area contributed by atoms with Crippen LogP contribution in [0.5, 0.6) is 0 Å². The van der Waals surface area contributed by atoms with Crippen LogP contribution in [-0.4, -0.2) is 16.0 Å². The Bertz CT molecular complexity index is 399. The van der Waals surface area contributed by atoms with Crippen LogP contribution in [0.3, 0.4) is 0 Å². The lowest BCUT2D eigenvalue weighted by Gasteiger charge is -2.02. The third-order valence-corrected chi connectivity index (χ3v) is 1.65. The van der Waals surface area contributed by atoms with Crippen molar-refractivity contribution in [2.24, 2.45) is 4.99 Å². The monoisotopic (exact) mass is 193 g/mol. The van der Waals surface area contributed by atoms with Crippen LogP contribution in [-0.2, 0) is 4.79 Å². The number of rotatable bonds is 3. The minimum absolute atomic E-state index is 0.140. The smallest absolute Gasteiger partial charge is 0.258 e. The minimum atomic E-state index is -0.644. The highest BCUT2D eigenvalue weighted by Gasteiger charge is 2.18. The Morgan fingerprint density at radius 1 is 1.71 bits per heavy atom. The summed E-state index contributed by atoms with van der Waals surface area (Å²) in [4.78, 5) is 27.1. The Morgan fingerprint density at radius 2 is 2.43 bits per heavy atom. The largest absolute Gasteiger partial charge is 0.292 e.